The van der Waals surface area contributed by atoms with Gasteiger partial charge in [-0.3, -0.25) is 4.79 Å². The van der Waals surface area contributed by atoms with Crippen LogP contribution in [0.15, 0.2) is 40.9 Å². The predicted molar refractivity (Wildman–Crippen MR) is 72.2 cm³/mol. The van der Waals surface area contributed by atoms with E-state index in [0.717, 1.165) is 12.1 Å². The first-order valence-corrected chi connectivity index (χ1v) is 6.41. The molecule has 0 fully saturated rings. The summed E-state index contributed by atoms with van der Waals surface area (Å²) in [4.78, 5) is 12.2. The molecule has 0 aromatic heterocycles. The van der Waals surface area contributed by atoms with Crippen LogP contribution in [-0.4, -0.2) is 16.2 Å². The first-order valence-electron chi connectivity index (χ1n) is 5.62. The third-order valence-electron chi connectivity index (χ3n) is 2.98. The Morgan fingerprint density at radius 3 is 2.35 bits per heavy atom. The van der Waals surface area contributed by atoms with Gasteiger partial charge in [-0.1, -0.05) is 15.9 Å². The molecular formula is C14H6BrF2NO2. The van der Waals surface area contributed by atoms with Crippen LogP contribution in [0.1, 0.15) is 15.9 Å². The summed E-state index contributed by atoms with van der Waals surface area (Å²) in [5, 5.41) is 12.1. The summed E-state index contributed by atoms with van der Waals surface area (Å²) in [6, 6.07) is 7.21. The summed E-state index contributed by atoms with van der Waals surface area (Å²) in [5.74, 6) is -2.24. The van der Waals surface area contributed by atoms with Gasteiger partial charge in [0.25, 0.3) is 11.5 Å². The maximum atomic E-state index is 13.2. The normalized spacial score (nSPS) is 13.8. The van der Waals surface area contributed by atoms with Gasteiger partial charge in [-0.15, -0.1) is 0 Å². The zero-order chi connectivity index (χ0) is 14.4. The number of hydrogen-bond acceptors (Lipinski definition) is 2. The first-order chi connectivity index (χ1) is 9.47. The number of halogens is 3. The Balaban J connectivity index is 2.21. The smallest absolute Gasteiger partial charge is 0.273 e. The van der Waals surface area contributed by atoms with E-state index in [1.54, 1.807) is 6.07 Å². The van der Waals surface area contributed by atoms with Crippen molar-refractivity contribution in [1.29, 1.82) is 0 Å². The predicted octanol–water partition coefficient (Wildman–Crippen LogP) is 3.55. The molecule has 3 nitrogen and oxygen atoms in total. The van der Waals surface area contributed by atoms with Gasteiger partial charge in [0.15, 0.2) is 0 Å². The molecule has 1 aliphatic heterocycles. The van der Waals surface area contributed by atoms with Gasteiger partial charge in [0.1, 0.15) is 17.2 Å². The fourth-order valence-corrected chi connectivity index (χ4v) is 2.51. The summed E-state index contributed by atoms with van der Waals surface area (Å²) in [7, 11) is 0. The van der Waals surface area contributed by atoms with Crippen LogP contribution in [0.5, 0.6) is 0 Å². The largest absolute Gasteiger partial charge is 0.618 e. The Kier molecular flexibility index (Phi) is 2.90. The van der Waals surface area contributed by atoms with Crippen molar-refractivity contribution in [3.8, 4) is 0 Å². The van der Waals surface area contributed by atoms with Crippen molar-refractivity contribution in [2.24, 2.45) is 0 Å². The van der Waals surface area contributed by atoms with Crippen LogP contribution in [-0.2, 0) is 0 Å². The molecular weight excluding hydrogens is 332 g/mol. The summed E-state index contributed by atoms with van der Waals surface area (Å²) in [6.07, 6.45) is 0. The molecule has 2 aromatic rings. The Hall–Kier alpha value is -2.08. The molecule has 0 bridgehead atoms. The minimum absolute atomic E-state index is 0.0742. The second-order valence-corrected chi connectivity index (χ2v) is 5.21. The van der Waals surface area contributed by atoms with Crippen LogP contribution in [0.3, 0.4) is 0 Å². The van der Waals surface area contributed by atoms with Crippen molar-refractivity contribution in [1.82, 2.24) is 0 Å². The Bertz CT molecular complexity index is 766. The highest BCUT2D eigenvalue weighted by Crippen LogP contribution is 2.30. The highest BCUT2D eigenvalue weighted by atomic mass is 79.9. The lowest BCUT2D eigenvalue weighted by atomic mass is 10.0. The lowest BCUT2D eigenvalue weighted by Crippen LogP contribution is -2.17. The van der Waals surface area contributed by atoms with Crippen LogP contribution in [0.25, 0.3) is 0 Å². The van der Waals surface area contributed by atoms with Crippen molar-refractivity contribution in [3.05, 3.63) is 68.8 Å². The number of rotatable bonds is 1. The van der Waals surface area contributed by atoms with E-state index in [-0.39, 0.29) is 22.5 Å². The average Bonchev–Trinajstić information content (AvgIpc) is 2.60. The molecule has 20 heavy (non-hydrogen) atoms. The number of fused-ring (bicyclic) bond motifs is 1. The minimum Gasteiger partial charge on any atom is -0.618 e. The van der Waals surface area contributed by atoms with E-state index in [1.807, 2.05) is 0 Å². The Morgan fingerprint density at radius 2 is 1.70 bits per heavy atom. The quantitative estimate of drug-likeness (QED) is 0.590. The van der Waals surface area contributed by atoms with Gasteiger partial charge in [0.2, 0.25) is 5.69 Å². The van der Waals surface area contributed by atoms with Gasteiger partial charge in [-0.2, -0.15) is 4.74 Å². The molecule has 1 aliphatic rings. The van der Waals surface area contributed by atoms with Crippen molar-refractivity contribution in [2.45, 2.75) is 0 Å². The zero-order valence-corrected chi connectivity index (χ0v) is 11.4. The van der Waals surface area contributed by atoms with Crippen LogP contribution in [0.2, 0.25) is 0 Å². The highest BCUT2D eigenvalue weighted by molar-refractivity contribution is 9.10. The number of hydrogen-bond donors (Lipinski definition) is 0. The lowest BCUT2D eigenvalue weighted by Gasteiger charge is -2.02. The van der Waals surface area contributed by atoms with E-state index in [4.69, 9.17) is 0 Å². The fraction of sp³-hybridized carbons (Fsp3) is 0. The second kappa shape index (κ2) is 4.49. The first kappa shape index (κ1) is 12.9. The average molecular weight is 338 g/mol. The molecule has 0 atom stereocenters. The highest BCUT2D eigenvalue weighted by Gasteiger charge is 2.37. The molecule has 0 unspecified atom stereocenters. The van der Waals surface area contributed by atoms with Crippen LogP contribution >= 0.6 is 15.9 Å². The SMILES string of the molecule is O=C1C(c2cc(F)cc(F)c2)=[N+]([O-])c2ccc(Br)cc21. The summed E-state index contributed by atoms with van der Waals surface area (Å²) >= 11 is 3.21. The van der Waals surface area contributed by atoms with E-state index in [0.29, 0.717) is 15.3 Å². The molecule has 100 valence electrons. The van der Waals surface area contributed by atoms with Gasteiger partial charge in [0, 0.05) is 16.6 Å². The molecule has 6 heteroatoms. The standard InChI is InChI=1S/C14H6BrF2NO2/c15-8-1-2-12-11(5-8)14(19)13(18(12)20)7-3-9(16)6-10(17)4-7/h1-6H. The number of carbonyl (C=O) groups is 1. The second-order valence-electron chi connectivity index (χ2n) is 4.29. The molecule has 0 spiro atoms. The summed E-state index contributed by atoms with van der Waals surface area (Å²) in [6.45, 7) is 0. The molecule has 0 N–H and O–H groups in total. The summed E-state index contributed by atoms with van der Waals surface area (Å²) in [5.41, 5.74) is 0.0123. The third kappa shape index (κ3) is 1.92. The van der Waals surface area contributed by atoms with Gasteiger partial charge < -0.3 is 5.21 Å². The van der Waals surface area contributed by atoms with Crippen LogP contribution in [0.4, 0.5) is 14.5 Å². The fourth-order valence-electron chi connectivity index (χ4n) is 2.15. The number of nitrogens with zero attached hydrogens (tertiary/aromatic N) is 1. The minimum atomic E-state index is -0.842. The van der Waals surface area contributed by atoms with Gasteiger partial charge in [-0.05, 0) is 24.3 Å². The van der Waals surface area contributed by atoms with Crippen LogP contribution in [0, 0.1) is 16.8 Å². The van der Waals surface area contributed by atoms with E-state index in [9.17, 15) is 18.8 Å². The number of benzene rings is 2. The number of Topliss-reactive ketones (excluding diaryl/α,β-unsaturated/α-hetero) is 1. The van der Waals surface area contributed by atoms with Crippen molar-refractivity contribution >= 4 is 33.1 Å². The maximum Gasteiger partial charge on any atom is 0.273 e. The van der Waals surface area contributed by atoms with Gasteiger partial charge in [0.05, 0.1) is 5.56 Å². The molecule has 0 radical (unpaired) electrons. The Morgan fingerprint density at radius 1 is 1.05 bits per heavy atom. The molecule has 1 heterocycles. The van der Waals surface area contributed by atoms with Gasteiger partial charge in [-0.25, -0.2) is 8.78 Å². The van der Waals surface area contributed by atoms with Crippen LogP contribution < -0.4 is 0 Å². The zero-order valence-electron chi connectivity index (χ0n) is 9.86. The van der Waals surface area contributed by atoms with Crippen molar-refractivity contribution < 1.29 is 18.3 Å². The van der Waals surface area contributed by atoms with E-state index in [2.05, 4.69) is 15.9 Å². The topological polar surface area (TPSA) is 43.1 Å². The number of ketones is 1. The summed E-state index contributed by atoms with van der Waals surface area (Å²) < 4.78 is 27.5. The van der Waals surface area contributed by atoms with Crippen molar-refractivity contribution in [3.63, 3.8) is 0 Å². The molecule has 0 saturated heterocycles. The van der Waals surface area contributed by atoms with E-state index in [1.165, 1.54) is 12.1 Å². The maximum absolute atomic E-state index is 13.2. The van der Waals surface area contributed by atoms with E-state index < -0.39 is 17.4 Å². The number of carbonyl (C=O) groups excluding carboxylic acids is 1. The molecule has 0 aliphatic carbocycles. The monoisotopic (exact) mass is 337 g/mol. The van der Waals surface area contributed by atoms with Crippen molar-refractivity contribution in [2.75, 3.05) is 0 Å². The van der Waals surface area contributed by atoms with Gasteiger partial charge >= 0.3 is 0 Å². The molecule has 3 rings (SSSR count). The third-order valence-corrected chi connectivity index (χ3v) is 3.47. The van der Waals surface area contributed by atoms with E-state index >= 15 is 0 Å². The molecule has 0 saturated carbocycles. The molecule has 0 amide bonds. The lowest BCUT2D eigenvalue weighted by molar-refractivity contribution is -0.355. The Labute approximate surface area is 120 Å². The molecule has 2 aromatic carbocycles.